The number of halogens is 1. The Morgan fingerprint density at radius 3 is 2.77 bits per heavy atom. The van der Waals surface area contributed by atoms with Gasteiger partial charge in [0, 0.05) is 18.0 Å². The van der Waals surface area contributed by atoms with E-state index in [0.29, 0.717) is 5.78 Å². The van der Waals surface area contributed by atoms with Gasteiger partial charge < -0.3 is 9.64 Å². The van der Waals surface area contributed by atoms with Gasteiger partial charge in [-0.1, -0.05) is 13.3 Å². The number of hydrogen-bond acceptors (Lipinski definition) is 3. The molecule has 1 fully saturated rings. The van der Waals surface area contributed by atoms with E-state index in [1.54, 1.807) is 12.5 Å². The van der Waals surface area contributed by atoms with Crippen LogP contribution in [0.15, 0.2) is 35.3 Å². The summed E-state index contributed by atoms with van der Waals surface area (Å²) in [4.78, 5) is 15.4. The van der Waals surface area contributed by atoms with Crippen molar-refractivity contribution in [3.8, 4) is 0 Å². The molecule has 4 heteroatoms. The molecule has 3 rings (SSSR count). The summed E-state index contributed by atoms with van der Waals surface area (Å²) in [5.74, 6) is 0.522. The van der Waals surface area contributed by atoms with Crippen molar-refractivity contribution >= 4 is 18.2 Å². The highest BCUT2D eigenvalue weighted by Crippen LogP contribution is 2.36. The Labute approximate surface area is 139 Å². The van der Waals surface area contributed by atoms with Crippen LogP contribution in [0, 0.1) is 5.92 Å². The molecule has 1 unspecified atom stereocenters. The summed E-state index contributed by atoms with van der Waals surface area (Å²) in [6.45, 7) is 5.40. The van der Waals surface area contributed by atoms with Gasteiger partial charge in [0.1, 0.15) is 0 Å². The van der Waals surface area contributed by atoms with Gasteiger partial charge in [0.15, 0.2) is 5.78 Å². The number of piperidine rings is 1. The number of ether oxygens (including phenoxy) is 1. The van der Waals surface area contributed by atoms with E-state index in [9.17, 15) is 4.79 Å². The van der Waals surface area contributed by atoms with Gasteiger partial charge in [0.2, 0.25) is 0 Å². The zero-order chi connectivity index (χ0) is 14.7. The number of ketones is 1. The smallest absolute Gasteiger partial charge is 0.163 e. The summed E-state index contributed by atoms with van der Waals surface area (Å²) in [5.41, 5.74) is 3.35. The van der Waals surface area contributed by atoms with Crippen molar-refractivity contribution in [1.82, 2.24) is 4.90 Å². The van der Waals surface area contributed by atoms with Crippen LogP contribution in [0.2, 0.25) is 0 Å². The van der Waals surface area contributed by atoms with Gasteiger partial charge >= 0.3 is 0 Å². The molecule has 0 amide bonds. The maximum atomic E-state index is 12.9. The van der Waals surface area contributed by atoms with Crippen LogP contribution in [0.3, 0.4) is 0 Å². The maximum Gasteiger partial charge on any atom is 0.163 e. The Bertz CT molecular complexity index is 501. The molecule has 2 aliphatic heterocycles. The summed E-state index contributed by atoms with van der Waals surface area (Å²) in [6.07, 6.45) is 12.1. The number of Topliss-reactive ketones (excluding diaryl/α,β-unsaturated/α-hetero) is 1. The van der Waals surface area contributed by atoms with Crippen molar-refractivity contribution in [3.05, 3.63) is 35.3 Å². The van der Waals surface area contributed by atoms with Crippen molar-refractivity contribution in [1.29, 1.82) is 0 Å². The Morgan fingerprint density at radius 1 is 1.27 bits per heavy atom. The second-order valence-corrected chi connectivity index (χ2v) is 6.30. The average molecular weight is 324 g/mol. The fourth-order valence-electron chi connectivity index (χ4n) is 3.63. The summed E-state index contributed by atoms with van der Waals surface area (Å²) >= 11 is 0. The molecule has 3 aliphatic rings. The zero-order valence-corrected chi connectivity index (χ0v) is 14.2. The first-order chi connectivity index (χ1) is 10.3. The number of likely N-dealkylation sites (tertiary alicyclic amines) is 1. The van der Waals surface area contributed by atoms with Gasteiger partial charge in [0.05, 0.1) is 12.5 Å². The van der Waals surface area contributed by atoms with Gasteiger partial charge in [-0.05, 0) is 62.4 Å². The third kappa shape index (κ3) is 3.64. The summed E-state index contributed by atoms with van der Waals surface area (Å²) in [7, 11) is 0. The molecule has 0 radical (unpaired) electrons. The number of allylic oxidation sites excluding steroid dienone is 4. The largest absolute Gasteiger partial charge is 0.472 e. The molecule has 0 spiro atoms. The molecule has 3 nitrogen and oxygen atoms in total. The third-order valence-corrected chi connectivity index (χ3v) is 4.93. The Kier molecular flexibility index (Phi) is 6.27. The van der Waals surface area contributed by atoms with Crippen molar-refractivity contribution in [2.24, 2.45) is 5.92 Å². The van der Waals surface area contributed by atoms with Crippen molar-refractivity contribution < 1.29 is 9.53 Å². The lowest BCUT2D eigenvalue weighted by Gasteiger charge is -2.29. The van der Waals surface area contributed by atoms with E-state index in [4.69, 9.17) is 4.74 Å². The number of nitrogens with zero attached hydrogens (tertiary/aromatic N) is 1. The summed E-state index contributed by atoms with van der Waals surface area (Å²) < 4.78 is 5.22. The summed E-state index contributed by atoms with van der Waals surface area (Å²) in [6, 6.07) is 0. The number of fused-ring (bicyclic) bond motifs is 1. The molecule has 0 aromatic carbocycles. The Hall–Kier alpha value is -1.06. The van der Waals surface area contributed by atoms with Gasteiger partial charge in [-0.15, -0.1) is 12.4 Å². The minimum absolute atomic E-state index is 0. The van der Waals surface area contributed by atoms with Crippen molar-refractivity contribution in [3.63, 3.8) is 0 Å². The Morgan fingerprint density at radius 2 is 2.05 bits per heavy atom. The molecule has 0 saturated carbocycles. The standard InChI is InChI=1S/C18H25NO2.ClH/c1-2-14(12-19-9-4-3-5-10-19)18(20)17-7-6-15-13-21-11-8-16(15)17;/h8,11,13-14H,2-7,9-10,12H2,1H3;1H. The van der Waals surface area contributed by atoms with Crippen LogP contribution in [-0.2, 0) is 9.53 Å². The second-order valence-electron chi connectivity index (χ2n) is 6.30. The van der Waals surface area contributed by atoms with Crippen LogP contribution < -0.4 is 0 Å². The highest BCUT2D eigenvalue weighted by atomic mass is 35.5. The van der Waals surface area contributed by atoms with Crippen molar-refractivity contribution in [2.45, 2.75) is 45.4 Å². The number of carbonyl (C=O) groups is 1. The van der Waals surface area contributed by atoms with Crippen LogP contribution >= 0.6 is 12.4 Å². The molecule has 0 bridgehead atoms. The average Bonchev–Trinajstić information content (AvgIpc) is 2.97. The molecule has 22 heavy (non-hydrogen) atoms. The number of rotatable bonds is 5. The first-order valence-corrected chi connectivity index (χ1v) is 8.30. The predicted octanol–water partition coefficient (Wildman–Crippen LogP) is 4.01. The molecule has 1 saturated heterocycles. The SMILES string of the molecule is CCC(CN1CCCCC1)C(=O)C1=C2C=COC=C2CC1.Cl. The van der Waals surface area contributed by atoms with Crippen LogP contribution in [0.1, 0.15) is 45.4 Å². The van der Waals surface area contributed by atoms with Gasteiger partial charge in [-0.3, -0.25) is 4.79 Å². The third-order valence-electron chi connectivity index (χ3n) is 4.93. The van der Waals surface area contributed by atoms with E-state index in [1.165, 1.54) is 24.8 Å². The van der Waals surface area contributed by atoms with E-state index in [-0.39, 0.29) is 18.3 Å². The normalized spacial score (nSPS) is 22.5. The Balaban J connectivity index is 0.00000176. The second kappa shape index (κ2) is 7.98. The van der Waals surface area contributed by atoms with Gasteiger partial charge in [0.25, 0.3) is 0 Å². The first-order valence-electron chi connectivity index (χ1n) is 8.30. The summed E-state index contributed by atoms with van der Waals surface area (Å²) in [5, 5.41) is 0. The quantitative estimate of drug-likeness (QED) is 0.765. The highest BCUT2D eigenvalue weighted by molar-refractivity contribution is 6.00. The molecule has 0 aromatic rings. The van der Waals surface area contributed by atoms with Gasteiger partial charge in [-0.25, -0.2) is 0 Å². The minimum atomic E-state index is 0. The fraction of sp³-hybridized carbons (Fsp3) is 0.611. The monoisotopic (exact) mass is 323 g/mol. The van der Waals surface area contributed by atoms with Crippen LogP contribution in [0.4, 0.5) is 0 Å². The van der Waals surface area contributed by atoms with E-state index < -0.39 is 0 Å². The lowest BCUT2D eigenvalue weighted by Crippen LogP contribution is -2.37. The lowest BCUT2D eigenvalue weighted by atomic mass is 9.91. The van der Waals surface area contributed by atoms with Crippen LogP contribution in [-0.4, -0.2) is 30.3 Å². The van der Waals surface area contributed by atoms with Crippen molar-refractivity contribution in [2.75, 3.05) is 19.6 Å². The van der Waals surface area contributed by atoms with Gasteiger partial charge in [-0.2, -0.15) is 0 Å². The molecule has 0 N–H and O–H groups in total. The molecule has 0 aromatic heterocycles. The molecular formula is C18H26ClNO2. The molecule has 1 aliphatic carbocycles. The predicted molar refractivity (Wildman–Crippen MR) is 90.9 cm³/mol. The van der Waals surface area contributed by atoms with Crippen LogP contribution in [0.25, 0.3) is 0 Å². The molecular weight excluding hydrogens is 298 g/mol. The van der Waals surface area contributed by atoms with Crippen LogP contribution in [0.5, 0.6) is 0 Å². The van der Waals surface area contributed by atoms with E-state index >= 15 is 0 Å². The first kappa shape index (κ1) is 17.3. The molecule has 2 heterocycles. The van der Waals surface area contributed by atoms with E-state index in [1.807, 2.05) is 6.08 Å². The van der Waals surface area contributed by atoms with E-state index in [2.05, 4.69) is 11.8 Å². The van der Waals surface area contributed by atoms with E-state index in [0.717, 1.165) is 50.0 Å². The molecule has 122 valence electrons. The number of hydrogen-bond donors (Lipinski definition) is 0. The lowest BCUT2D eigenvalue weighted by molar-refractivity contribution is -0.120. The topological polar surface area (TPSA) is 29.5 Å². The zero-order valence-electron chi connectivity index (χ0n) is 13.3. The number of carbonyl (C=O) groups excluding carboxylic acids is 1. The maximum absolute atomic E-state index is 12.9. The molecule has 1 atom stereocenters. The minimum Gasteiger partial charge on any atom is -0.472 e. The highest BCUT2D eigenvalue weighted by Gasteiger charge is 2.30. The fourth-order valence-corrected chi connectivity index (χ4v) is 3.63.